The lowest BCUT2D eigenvalue weighted by Crippen LogP contribution is -2.17. The molecule has 150 valence electrons. The van der Waals surface area contributed by atoms with E-state index in [-0.39, 0.29) is 11.7 Å². The summed E-state index contributed by atoms with van der Waals surface area (Å²) in [6.07, 6.45) is 9.49. The lowest BCUT2D eigenvalue weighted by Gasteiger charge is -2.25. The average Bonchev–Trinajstić information content (AvgIpc) is 3.19. The first-order valence-corrected chi connectivity index (χ1v) is 11.5. The largest absolute Gasteiger partial charge is 0.325 e. The fourth-order valence-corrected chi connectivity index (χ4v) is 4.67. The van der Waals surface area contributed by atoms with E-state index in [2.05, 4.69) is 41.0 Å². The summed E-state index contributed by atoms with van der Waals surface area (Å²) in [6.45, 7) is 0. The van der Waals surface area contributed by atoms with Crippen molar-refractivity contribution >= 4 is 39.3 Å². The highest BCUT2D eigenvalue weighted by Crippen LogP contribution is 2.35. The van der Waals surface area contributed by atoms with Gasteiger partial charge >= 0.3 is 0 Å². The third-order valence-corrected chi connectivity index (χ3v) is 6.47. The number of benzene rings is 1. The molecule has 0 radical (unpaired) electrons. The van der Waals surface area contributed by atoms with Crippen LogP contribution in [0.4, 0.5) is 5.69 Å². The molecule has 0 spiro atoms. The molecule has 8 heteroatoms. The molecule has 0 bridgehead atoms. The summed E-state index contributed by atoms with van der Waals surface area (Å²) in [4.78, 5) is 16.5. The van der Waals surface area contributed by atoms with E-state index in [9.17, 15) is 4.79 Å². The molecular formula is C21H22BrN5OS. The standard InChI is InChI=1S/C21H22BrN5OS/c22-16-6-8-17(9-7-16)24-19(28)14-29-21-26-25-20(15-10-12-23-13-11-15)27(21)18-4-2-1-3-5-18/h6-13,18H,1-5,14H2,(H,24,28). The number of hydrogen-bond acceptors (Lipinski definition) is 5. The van der Waals surface area contributed by atoms with E-state index in [1.807, 2.05) is 36.4 Å². The fraction of sp³-hybridized carbons (Fsp3) is 0.333. The van der Waals surface area contributed by atoms with Crippen molar-refractivity contribution in [2.45, 2.75) is 43.3 Å². The lowest BCUT2D eigenvalue weighted by atomic mass is 9.95. The van der Waals surface area contributed by atoms with Crippen LogP contribution >= 0.6 is 27.7 Å². The number of nitrogens with zero attached hydrogens (tertiary/aromatic N) is 4. The molecule has 1 fully saturated rings. The van der Waals surface area contributed by atoms with E-state index >= 15 is 0 Å². The molecule has 1 aromatic carbocycles. The molecule has 2 aromatic heterocycles. The van der Waals surface area contributed by atoms with Gasteiger partial charge in [-0.05, 0) is 49.2 Å². The Hall–Kier alpha value is -2.19. The lowest BCUT2D eigenvalue weighted by molar-refractivity contribution is -0.113. The third-order valence-electron chi connectivity index (χ3n) is 5.00. The molecule has 0 atom stereocenters. The monoisotopic (exact) mass is 471 g/mol. The molecule has 0 unspecified atom stereocenters. The minimum absolute atomic E-state index is 0.0547. The highest BCUT2D eigenvalue weighted by atomic mass is 79.9. The molecule has 1 aliphatic carbocycles. The maximum Gasteiger partial charge on any atom is 0.234 e. The van der Waals surface area contributed by atoms with Crippen molar-refractivity contribution in [2.24, 2.45) is 0 Å². The Morgan fingerprint density at radius 1 is 1.07 bits per heavy atom. The summed E-state index contributed by atoms with van der Waals surface area (Å²) in [7, 11) is 0. The summed E-state index contributed by atoms with van der Waals surface area (Å²) < 4.78 is 3.21. The minimum Gasteiger partial charge on any atom is -0.325 e. The van der Waals surface area contributed by atoms with E-state index < -0.39 is 0 Å². The third kappa shape index (κ3) is 5.05. The zero-order valence-corrected chi connectivity index (χ0v) is 18.3. The number of carbonyl (C=O) groups is 1. The van der Waals surface area contributed by atoms with Crippen molar-refractivity contribution in [3.63, 3.8) is 0 Å². The number of halogens is 1. The van der Waals surface area contributed by atoms with Gasteiger partial charge in [-0.15, -0.1) is 10.2 Å². The fourth-order valence-electron chi connectivity index (χ4n) is 3.60. The van der Waals surface area contributed by atoms with Gasteiger partial charge in [0.15, 0.2) is 11.0 Å². The maximum atomic E-state index is 12.4. The second kappa shape index (κ2) is 9.54. The van der Waals surface area contributed by atoms with Gasteiger partial charge in [0.2, 0.25) is 5.91 Å². The highest BCUT2D eigenvalue weighted by molar-refractivity contribution is 9.10. The van der Waals surface area contributed by atoms with E-state index in [0.29, 0.717) is 6.04 Å². The topological polar surface area (TPSA) is 72.7 Å². The summed E-state index contributed by atoms with van der Waals surface area (Å²) in [5, 5.41) is 12.6. The Morgan fingerprint density at radius 3 is 2.52 bits per heavy atom. The van der Waals surface area contributed by atoms with Crippen molar-refractivity contribution in [1.29, 1.82) is 0 Å². The average molecular weight is 472 g/mol. The number of rotatable bonds is 6. The van der Waals surface area contributed by atoms with E-state index in [4.69, 9.17) is 0 Å². The molecular weight excluding hydrogens is 450 g/mol. The number of aromatic nitrogens is 4. The van der Waals surface area contributed by atoms with Crippen LogP contribution in [0, 0.1) is 0 Å². The molecule has 1 aliphatic rings. The van der Waals surface area contributed by atoms with Crippen molar-refractivity contribution in [3.05, 3.63) is 53.3 Å². The van der Waals surface area contributed by atoms with Crippen LogP contribution in [-0.2, 0) is 4.79 Å². The van der Waals surface area contributed by atoms with Crippen molar-refractivity contribution in [1.82, 2.24) is 19.7 Å². The van der Waals surface area contributed by atoms with Crippen LogP contribution in [0.25, 0.3) is 11.4 Å². The summed E-state index contributed by atoms with van der Waals surface area (Å²) in [6, 6.07) is 11.8. The summed E-state index contributed by atoms with van der Waals surface area (Å²) in [5.74, 6) is 1.09. The Bertz CT molecular complexity index is 955. The van der Waals surface area contributed by atoms with Crippen LogP contribution in [0.2, 0.25) is 0 Å². The first kappa shape index (κ1) is 20.1. The summed E-state index contributed by atoms with van der Waals surface area (Å²) in [5.41, 5.74) is 1.79. The van der Waals surface area contributed by atoms with Gasteiger partial charge in [0.1, 0.15) is 0 Å². The molecule has 2 heterocycles. The zero-order chi connectivity index (χ0) is 20.1. The molecule has 4 rings (SSSR count). The predicted octanol–water partition coefficient (Wildman–Crippen LogP) is 5.34. The molecule has 29 heavy (non-hydrogen) atoms. The van der Waals surface area contributed by atoms with Crippen LogP contribution in [0.3, 0.4) is 0 Å². The number of nitrogens with one attached hydrogen (secondary N) is 1. The number of amides is 1. The predicted molar refractivity (Wildman–Crippen MR) is 119 cm³/mol. The van der Waals surface area contributed by atoms with Crippen LogP contribution < -0.4 is 5.32 Å². The van der Waals surface area contributed by atoms with Gasteiger partial charge in [-0.1, -0.05) is 47.0 Å². The van der Waals surface area contributed by atoms with E-state index in [1.165, 1.54) is 31.0 Å². The van der Waals surface area contributed by atoms with Gasteiger partial charge in [0.05, 0.1) is 5.75 Å². The zero-order valence-electron chi connectivity index (χ0n) is 15.9. The molecule has 0 saturated heterocycles. The Balaban J connectivity index is 1.51. The van der Waals surface area contributed by atoms with Crippen molar-refractivity contribution < 1.29 is 4.79 Å². The van der Waals surface area contributed by atoms with E-state index in [0.717, 1.165) is 39.5 Å². The second-order valence-electron chi connectivity index (χ2n) is 7.05. The molecule has 1 saturated carbocycles. The number of carbonyl (C=O) groups excluding carboxylic acids is 1. The van der Waals surface area contributed by atoms with Gasteiger partial charge in [-0.2, -0.15) is 0 Å². The van der Waals surface area contributed by atoms with Crippen LogP contribution in [-0.4, -0.2) is 31.4 Å². The quantitative estimate of drug-likeness (QED) is 0.491. The van der Waals surface area contributed by atoms with Crippen LogP contribution in [0.5, 0.6) is 0 Å². The SMILES string of the molecule is O=C(CSc1nnc(-c2ccncc2)n1C1CCCCC1)Nc1ccc(Br)cc1. The first-order valence-electron chi connectivity index (χ1n) is 9.74. The molecule has 6 nitrogen and oxygen atoms in total. The smallest absolute Gasteiger partial charge is 0.234 e. The minimum atomic E-state index is -0.0547. The number of anilines is 1. The van der Waals surface area contributed by atoms with E-state index in [1.54, 1.807) is 12.4 Å². The molecule has 0 aliphatic heterocycles. The highest BCUT2D eigenvalue weighted by Gasteiger charge is 2.24. The van der Waals surface area contributed by atoms with Crippen molar-refractivity contribution in [3.8, 4) is 11.4 Å². The van der Waals surface area contributed by atoms with Gasteiger partial charge in [-0.25, -0.2) is 0 Å². The molecule has 1 amide bonds. The summed E-state index contributed by atoms with van der Waals surface area (Å²) >= 11 is 4.84. The maximum absolute atomic E-state index is 12.4. The Labute approximate surface area is 182 Å². The number of thioether (sulfide) groups is 1. The van der Waals surface area contributed by atoms with Gasteiger partial charge in [-0.3, -0.25) is 14.3 Å². The van der Waals surface area contributed by atoms with Gasteiger partial charge in [0, 0.05) is 34.2 Å². The molecule has 3 aromatic rings. The van der Waals surface area contributed by atoms with Gasteiger partial charge < -0.3 is 5.32 Å². The normalized spacial score (nSPS) is 14.7. The first-order chi connectivity index (χ1) is 14.2. The van der Waals surface area contributed by atoms with Crippen molar-refractivity contribution in [2.75, 3.05) is 11.1 Å². The number of pyridine rings is 1. The molecule has 1 N–H and O–H groups in total. The van der Waals surface area contributed by atoms with Crippen LogP contribution in [0.15, 0.2) is 58.4 Å². The van der Waals surface area contributed by atoms with Gasteiger partial charge in [0.25, 0.3) is 0 Å². The second-order valence-corrected chi connectivity index (χ2v) is 8.91. The number of hydrogen-bond donors (Lipinski definition) is 1. The Morgan fingerprint density at radius 2 is 1.79 bits per heavy atom. The Kier molecular flexibility index (Phi) is 6.61. The van der Waals surface area contributed by atoms with Crippen LogP contribution in [0.1, 0.15) is 38.1 Å².